The van der Waals surface area contributed by atoms with Crippen molar-refractivity contribution in [1.29, 1.82) is 0 Å². The van der Waals surface area contributed by atoms with Crippen molar-refractivity contribution in [2.45, 2.75) is 71.1 Å². The summed E-state index contributed by atoms with van der Waals surface area (Å²) in [5.41, 5.74) is 12.9. The van der Waals surface area contributed by atoms with Crippen molar-refractivity contribution in [2.75, 3.05) is 6.54 Å². The number of nitrogens with two attached hydrogens (primary N) is 2. The van der Waals surface area contributed by atoms with Crippen LogP contribution in [0, 0.1) is 5.92 Å². The molecule has 0 saturated carbocycles. The zero-order valence-electron chi connectivity index (χ0n) is 25.9. The number of rotatable bonds is 15. The van der Waals surface area contributed by atoms with E-state index in [1.54, 1.807) is 36.4 Å². The van der Waals surface area contributed by atoms with Gasteiger partial charge in [-0.3, -0.25) is 28.8 Å². The molecule has 4 atom stereocenters. The average molecular weight is 629 g/mol. The molecule has 0 bridgehead atoms. The van der Waals surface area contributed by atoms with Crippen molar-refractivity contribution < 1.29 is 39.0 Å². The third kappa shape index (κ3) is 15.9. The first-order valence-corrected chi connectivity index (χ1v) is 14.3. The van der Waals surface area contributed by atoms with Crippen molar-refractivity contribution in [2.24, 2.45) is 17.4 Å². The third-order valence-corrected chi connectivity index (χ3v) is 6.21. The van der Waals surface area contributed by atoms with Gasteiger partial charge >= 0.3 is 0 Å². The Morgan fingerprint density at radius 1 is 0.756 bits per heavy atom. The van der Waals surface area contributed by atoms with Crippen LogP contribution in [-0.4, -0.2) is 76.4 Å². The van der Waals surface area contributed by atoms with Gasteiger partial charge in [-0.15, -0.1) is 0 Å². The number of nitrogens with one attached hydrogen (secondary N) is 4. The van der Waals surface area contributed by atoms with Crippen molar-refractivity contribution in [3.8, 4) is 5.75 Å². The van der Waals surface area contributed by atoms with E-state index in [0.717, 1.165) is 18.1 Å². The molecule has 14 heteroatoms. The molecule has 0 aromatic heterocycles. The highest BCUT2D eigenvalue weighted by atomic mass is 16.4. The summed E-state index contributed by atoms with van der Waals surface area (Å²) in [6, 6.07) is 11.4. The smallest absolute Gasteiger partial charge is 0.300 e. The Balaban J connectivity index is 0.00000238. The lowest BCUT2D eigenvalue weighted by Crippen LogP contribution is -2.56. The Bertz CT molecular complexity index is 1280. The summed E-state index contributed by atoms with van der Waals surface area (Å²) in [6.07, 6.45) is 0.678. The predicted molar refractivity (Wildman–Crippen MR) is 166 cm³/mol. The summed E-state index contributed by atoms with van der Waals surface area (Å²) in [5, 5.41) is 27.0. The monoisotopic (exact) mass is 628 g/mol. The zero-order chi connectivity index (χ0) is 34.1. The first kappa shape index (κ1) is 38.0. The highest BCUT2D eigenvalue weighted by Gasteiger charge is 2.27. The van der Waals surface area contributed by atoms with Crippen LogP contribution in [0.3, 0.4) is 0 Å². The van der Waals surface area contributed by atoms with Gasteiger partial charge in [0.25, 0.3) is 5.97 Å². The molecule has 0 radical (unpaired) electrons. The van der Waals surface area contributed by atoms with Gasteiger partial charge in [0.05, 0.1) is 12.6 Å². The van der Waals surface area contributed by atoms with E-state index in [1.807, 2.05) is 19.9 Å². The number of amides is 5. The Morgan fingerprint density at radius 3 is 1.84 bits per heavy atom. The number of benzene rings is 2. The fraction of sp³-hybridized carbons (Fsp3) is 0.419. The molecule has 2 aromatic rings. The van der Waals surface area contributed by atoms with Gasteiger partial charge in [0.2, 0.25) is 29.5 Å². The number of aliphatic carboxylic acids is 1. The van der Waals surface area contributed by atoms with Gasteiger partial charge in [0.1, 0.15) is 23.9 Å². The Hall–Kier alpha value is -4.98. The number of phenols is 1. The molecule has 2 aromatic carbocycles. The van der Waals surface area contributed by atoms with E-state index in [4.69, 9.17) is 21.4 Å². The van der Waals surface area contributed by atoms with Crippen LogP contribution < -0.4 is 32.7 Å². The molecule has 10 N–H and O–H groups in total. The maximum atomic E-state index is 13.1. The molecule has 0 aliphatic carbocycles. The van der Waals surface area contributed by atoms with E-state index in [-0.39, 0.29) is 24.5 Å². The summed E-state index contributed by atoms with van der Waals surface area (Å²) >= 11 is 0. The van der Waals surface area contributed by atoms with Gasteiger partial charge in [0.15, 0.2) is 0 Å². The lowest BCUT2D eigenvalue weighted by Gasteiger charge is -2.23. The fourth-order valence-corrected chi connectivity index (χ4v) is 3.98. The Morgan fingerprint density at radius 2 is 1.31 bits per heavy atom. The van der Waals surface area contributed by atoms with Crippen LogP contribution >= 0.6 is 0 Å². The number of hydrogen-bond donors (Lipinski definition) is 8. The van der Waals surface area contributed by atoms with Crippen molar-refractivity contribution in [3.63, 3.8) is 0 Å². The van der Waals surface area contributed by atoms with E-state index < -0.39 is 66.2 Å². The molecular weight excluding hydrogens is 584 g/mol. The summed E-state index contributed by atoms with van der Waals surface area (Å²) in [7, 11) is 0. The molecule has 0 saturated heterocycles. The number of primary amides is 1. The fourth-order valence-electron chi connectivity index (χ4n) is 3.98. The zero-order valence-corrected chi connectivity index (χ0v) is 25.9. The van der Waals surface area contributed by atoms with Crippen LogP contribution in [0.5, 0.6) is 5.75 Å². The second-order valence-corrected chi connectivity index (χ2v) is 10.8. The molecule has 0 spiro atoms. The van der Waals surface area contributed by atoms with E-state index in [0.29, 0.717) is 6.42 Å². The first-order valence-electron chi connectivity index (χ1n) is 14.3. The molecule has 2 rings (SSSR count). The molecule has 45 heavy (non-hydrogen) atoms. The van der Waals surface area contributed by atoms with Crippen LogP contribution in [0.4, 0.5) is 0 Å². The van der Waals surface area contributed by atoms with Gasteiger partial charge in [0, 0.05) is 13.3 Å². The van der Waals surface area contributed by atoms with Crippen molar-refractivity contribution in [1.82, 2.24) is 21.3 Å². The quantitative estimate of drug-likeness (QED) is 0.129. The Labute approximate surface area is 262 Å². The molecule has 0 unspecified atom stereocenters. The molecule has 14 nitrogen and oxygen atoms in total. The van der Waals surface area contributed by atoms with Crippen LogP contribution in [0.1, 0.15) is 45.2 Å². The number of aromatic hydroxyl groups is 1. The molecule has 0 heterocycles. The second-order valence-electron chi connectivity index (χ2n) is 10.8. The van der Waals surface area contributed by atoms with Crippen molar-refractivity contribution >= 4 is 35.5 Å². The summed E-state index contributed by atoms with van der Waals surface area (Å²) in [6.45, 7) is 5.85. The number of carbonyl (C=O) groups excluding carboxylic acids is 5. The van der Waals surface area contributed by atoms with Crippen LogP contribution in [0.15, 0.2) is 54.6 Å². The van der Waals surface area contributed by atoms with Gasteiger partial charge < -0.3 is 42.9 Å². The lowest BCUT2D eigenvalue weighted by atomic mass is 10.0. The average Bonchev–Trinajstić information content (AvgIpc) is 2.96. The van der Waals surface area contributed by atoms with Gasteiger partial charge in [-0.05, 0) is 48.9 Å². The predicted octanol–water partition coefficient (Wildman–Crippen LogP) is -0.282. The number of phenolic OH excluding ortho intramolecular Hbond substituents is 1. The lowest BCUT2D eigenvalue weighted by molar-refractivity contribution is -0.134. The standard InChI is InChI=1S/C29H40N6O6.C2H4O2/c1-17(2)13-23(26(31)38)35-29(41)24(15-19-7-5-4-6-8-19)34-25(37)16-32-27(39)18(3)33-28(40)22(30)14-20-9-11-21(36)12-10-20;1-2(3)4/h4-12,17-18,22-24,36H,13-16,30H2,1-3H3,(H2,31,38)(H,32,39)(H,33,40)(H,34,37)(H,35,41);1H3,(H,3,4)/t18-,22+,23+,24+;/m1./s1. The van der Waals surface area contributed by atoms with Crippen LogP contribution in [0.25, 0.3) is 0 Å². The van der Waals surface area contributed by atoms with Gasteiger partial charge in [-0.1, -0.05) is 56.3 Å². The molecule has 0 aliphatic heterocycles. The number of carbonyl (C=O) groups is 6. The SMILES string of the molecule is CC(=O)O.CC(C)C[C@H](NC(=O)[C@H](Cc1ccccc1)NC(=O)CNC(=O)[C@@H](C)NC(=O)[C@@H](N)Cc1ccc(O)cc1)C(N)=O. The van der Waals surface area contributed by atoms with E-state index >= 15 is 0 Å². The molecular formula is C31H44N6O8. The van der Waals surface area contributed by atoms with Crippen LogP contribution in [0.2, 0.25) is 0 Å². The van der Waals surface area contributed by atoms with Gasteiger partial charge in [-0.2, -0.15) is 0 Å². The molecule has 5 amide bonds. The highest BCUT2D eigenvalue weighted by Crippen LogP contribution is 2.11. The minimum atomic E-state index is -1.04. The number of hydrogen-bond acceptors (Lipinski definition) is 8. The van der Waals surface area contributed by atoms with Crippen LogP contribution in [-0.2, 0) is 41.6 Å². The van der Waals surface area contributed by atoms with E-state index in [2.05, 4.69) is 21.3 Å². The van der Waals surface area contributed by atoms with Gasteiger partial charge in [-0.25, -0.2) is 0 Å². The number of carboxylic acids is 1. The number of carboxylic acid groups (broad SMARTS) is 1. The topological polar surface area (TPSA) is 243 Å². The molecule has 0 aliphatic rings. The maximum absolute atomic E-state index is 13.1. The minimum Gasteiger partial charge on any atom is -0.508 e. The van der Waals surface area contributed by atoms with E-state index in [9.17, 15) is 29.1 Å². The van der Waals surface area contributed by atoms with Crippen molar-refractivity contribution in [3.05, 3.63) is 65.7 Å². The summed E-state index contributed by atoms with van der Waals surface area (Å²) < 4.78 is 0. The highest BCUT2D eigenvalue weighted by molar-refractivity contribution is 5.94. The Kier molecular flexibility index (Phi) is 16.3. The summed E-state index contributed by atoms with van der Waals surface area (Å²) in [4.78, 5) is 71.6. The minimum absolute atomic E-state index is 0.0918. The third-order valence-electron chi connectivity index (χ3n) is 6.21. The molecule has 246 valence electrons. The summed E-state index contributed by atoms with van der Waals surface area (Å²) in [5.74, 6) is -3.74. The molecule has 0 fully saturated rings. The maximum Gasteiger partial charge on any atom is 0.300 e. The van der Waals surface area contributed by atoms with E-state index in [1.165, 1.54) is 19.1 Å². The first-order chi connectivity index (χ1) is 21.1. The normalized spacial score (nSPS) is 13.1. The largest absolute Gasteiger partial charge is 0.508 e. The second kappa shape index (κ2) is 19.3.